The molecule has 6 aromatic rings. The molecule has 0 bridgehead atoms. The third-order valence-electron chi connectivity index (χ3n) is 7.23. The van der Waals surface area contributed by atoms with Crippen molar-refractivity contribution in [3.05, 3.63) is 187 Å². The number of rotatable bonds is 7. The first-order valence-corrected chi connectivity index (χ1v) is 15.9. The summed E-state index contributed by atoms with van der Waals surface area (Å²) in [6, 6.07) is 40.4. The lowest BCUT2D eigenvalue weighted by Gasteiger charge is -2.17. The van der Waals surface area contributed by atoms with E-state index in [1.54, 1.807) is 42.5 Å². The molecule has 2 aromatic heterocycles. The number of hydrogen-bond donors (Lipinski definition) is 1. The number of primary amides is 1. The fourth-order valence-corrected chi connectivity index (χ4v) is 6.25. The van der Waals surface area contributed by atoms with Crippen molar-refractivity contribution in [3.8, 4) is 22.5 Å². The van der Waals surface area contributed by atoms with E-state index in [-0.39, 0.29) is 7.43 Å². The molecule has 0 spiro atoms. The summed E-state index contributed by atoms with van der Waals surface area (Å²) in [4.78, 5) is 25.1. The second kappa shape index (κ2) is 16.9. The van der Waals surface area contributed by atoms with E-state index in [0.717, 1.165) is 22.5 Å². The van der Waals surface area contributed by atoms with Gasteiger partial charge in [-0.15, -0.1) is 0 Å². The van der Waals surface area contributed by atoms with Gasteiger partial charge in [0.1, 0.15) is 11.6 Å². The number of carbonyl (C=O) groups is 1. The van der Waals surface area contributed by atoms with Gasteiger partial charge < -0.3 is 10.6 Å². The predicted molar refractivity (Wildman–Crippen MR) is 198 cm³/mol. The summed E-state index contributed by atoms with van der Waals surface area (Å²) in [5, 5.41) is 1.73. The Hall–Kier alpha value is -4.70. The molecule has 240 valence electrons. The van der Waals surface area contributed by atoms with Crippen LogP contribution in [-0.2, 0) is 4.79 Å². The van der Waals surface area contributed by atoms with Gasteiger partial charge in [0.15, 0.2) is 0 Å². The average molecular weight is 713 g/mol. The van der Waals surface area contributed by atoms with Gasteiger partial charge in [0.2, 0.25) is 5.91 Å². The smallest absolute Gasteiger partial charge is 0.293 e. The van der Waals surface area contributed by atoms with E-state index in [4.69, 9.17) is 58.7 Å². The zero-order chi connectivity index (χ0) is 33.3. The molecule has 2 unspecified atom stereocenters. The van der Waals surface area contributed by atoms with Crippen molar-refractivity contribution in [3.63, 3.8) is 0 Å². The molecular formula is C39H30Cl4N4O. The highest BCUT2D eigenvalue weighted by Gasteiger charge is 2.28. The van der Waals surface area contributed by atoms with E-state index in [1.807, 2.05) is 91.0 Å². The normalized spacial score (nSPS) is 11.6. The second-order valence-corrected chi connectivity index (χ2v) is 11.9. The van der Waals surface area contributed by atoms with Crippen LogP contribution in [-0.4, -0.2) is 15.9 Å². The average Bonchev–Trinajstić information content (AvgIpc) is 3.09. The molecule has 2 N–H and O–H groups in total. The summed E-state index contributed by atoms with van der Waals surface area (Å²) in [7, 11) is 0. The lowest BCUT2D eigenvalue weighted by atomic mass is 9.94. The van der Waals surface area contributed by atoms with Gasteiger partial charge in [0.05, 0.1) is 32.7 Å². The molecule has 6 rings (SSSR count). The van der Waals surface area contributed by atoms with Gasteiger partial charge >= 0.3 is 0 Å². The van der Waals surface area contributed by atoms with Gasteiger partial charge in [0, 0.05) is 26.7 Å². The lowest BCUT2D eigenvalue weighted by Crippen LogP contribution is -2.24. The fraction of sp³-hybridized carbons (Fsp3) is 0.0769. The van der Waals surface area contributed by atoms with Gasteiger partial charge in [-0.25, -0.2) is 11.6 Å². The first-order valence-electron chi connectivity index (χ1n) is 14.4. The molecule has 0 saturated heterocycles. The molecule has 0 aliphatic heterocycles. The highest BCUT2D eigenvalue weighted by atomic mass is 35.5. The maximum atomic E-state index is 12.1. The van der Waals surface area contributed by atoms with Crippen LogP contribution in [0.5, 0.6) is 0 Å². The van der Waals surface area contributed by atoms with Crippen LogP contribution < -0.4 is 5.73 Å². The van der Waals surface area contributed by atoms with E-state index in [0.29, 0.717) is 42.6 Å². The largest absolute Gasteiger partial charge is 0.369 e. The Morgan fingerprint density at radius 2 is 0.958 bits per heavy atom. The number of amides is 1. The van der Waals surface area contributed by atoms with Crippen LogP contribution >= 0.6 is 46.4 Å². The predicted octanol–water partition coefficient (Wildman–Crippen LogP) is 11.4. The standard InChI is InChI=1S/C19H14Cl2N2O.C19H12Cl2N2.CH4/c20-13-8-4-9-14(21)17(13)18(19(22)24)16-11-5-10-15(23-16)12-6-2-1-3-7-12;1-22-19(18-14(20)9-5-10-15(18)21)17-12-6-11-16(23-17)13-7-3-2-4-8-13;/h1-11,18H,(H2,22,24);2-12,19H;1H4. The van der Waals surface area contributed by atoms with Crippen LogP contribution in [0.25, 0.3) is 27.4 Å². The molecule has 0 aliphatic carbocycles. The number of hydrogen-bond acceptors (Lipinski definition) is 3. The Labute approximate surface area is 300 Å². The van der Waals surface area contributed by atoms with Crippen molar-refractivity contribution < 1.29 is 4.79 Å². The van der Waals surface area contributed by atoms with Crippen molar-refractivity contribution in [1.82, 2.24) is 9.97 Å². The highest BCUT2D eigenvalue weighted by molar-refractivity contribution is 6.37. The Bertz CT molecular complexity index is 2010. The maximum Gasteiger partial charge on any atom is 0.293 e. The van der Waals surface area contributed by atoms with Crippen LogP contribution in [0.2, 0.25) is 20.1 Å². The molecule has 0 saturated carbocycles. The molecule has 5 nitrogen and oxygen atoms in total. The third-order valence-corrected chi connectivity index (χ3v) is 8.55. The highest BCUT2D eigenvalue weighted by Crippen LogP contribution is 2.37. The molecule has 1 amide bonds. The van der Waals surface area contributed by atoms with Crippen molar-refractivity contribution in [1.29, 1.82) is 0 Å². The molecule has 4 aromatic carbocycles. The number of carbonyl (C=O) groups excluding carboxylic acids is 1. The van der Waals surface area contributed by atoms with E-state index in [2.05, 4.69) is 14.8 Å². The molecular weight excluding hydrogens is 682 g/mol. The zero-order valence-electron chi connectivity index (χ0n) is 24.7. The van der Waals surface area contributed by atoms with Crippen molar-refractivity contribution in [2.75, 3.05) is 0 Å². The topological polar surface area (TPSA) is 73.2 Å². The summed E-state index contributed by atoms with van der Waals surface area (Å²) >= 11 is 25.0. The molecule has 9 heteroatoms. The quantitative estimate of drug-likeness (QED) is 0.168. The van der Waals surface area contributed by atoms with Crippen molar-refractivity contribution in [2.45, 2.75) is 19.4 Å². The summed E-state index contributed by atoms with van der Waals surface area (Å²) in [5.74, 6) is -1.36. The van der Waals surface area contributed by atoms with Crippen LogP contribution in [0.4, 0.5) is 0 Å². The van der Waals surface area contributed by atoms with Crippen LogP contribution in [0, 0.1) is 6.57 Å². The molecule has 0 fully saturated rings. The zero-order valence-corrected chi connectivity index (χ0v) is 27.7. The van der Waals surface area contributed by atoms with Gasteiger partial charge in [-0.2, -0.15) is 0 Å². The van der Waals surface area contributed by atoms with Crippen LogP contribution in [0.15, 0.2) is 133 Å². The first kappa shape index (κ1) is 36.1. The molecule has 0 radical (unpaired) electrons. The van der Waals surface area contributed by atoms with E-state index < -0.39 is 17.9 Å². The number of aromatic nitrogens is 2. The summed E-state index contributed by atoms with van der Waals surface area (Å²) in [5.41, 5.74) is 11.4. The van der Waals surface area contributed by atoms with Gasteiger partial charge in [-0.3, -0.25) is 9.78 Å². The van der Waals surface area contributed by atoms with Crippen LogP contribution in [0.1, 0.15) is 41.9 Å². The van der Waals surface area contributed by atoms with Gasteiger partial charge in [-0.1, -0.05) is 139 Å². The van der Waals surface area contributed by atoms with E-state index in [9.17, 15) is 4.79 Å². The van der Waals surface area contributed by atoms with Crippen LogP contribution in [0.3, 0.4) is 0 Å². The molecule has 2 atom stereocenters. The van der Waals surface area contributed by atoms with E-state index in [1.165, 1.54) is 0 Å². The molecule has 0 aliphatic rings. The Morgan fingerprint density at radius 3 is 1.40 bits per heavy atom. The van der Waals surface area contributed by atoms with Gasteiger partial charge in [0.25, 0.3) is 6.04 Å². The Kier molecular flexibility index (Phi) is 12.7. The van der Waals surface area contributed by atoms with Crippen molar-refractivity contribution in [2.24, 2.45) is 5.73 Å². The molecule has 2 heterocycles. The molecule has 48 heavy (non-hydrogen) atoms. The number of nitrogens with two attached hydrogens (primary N) is 1. The Morgan fingerprint density at radius 1 is 0.562 bits per heavy atom. The Balaban J connectivity index is 0.000000212. The lowest BCUT2D eigenvalue weighted by molar-refractivity contribution is -0.118. The first-order chi connectivity index (χ1) is 22.8. The third kappa shape index (κ3) is 8.41. The maximum absolute atomic E-state index is 12.1. The number of benzene rings is 4. The van der Waals surface area contributed by atoms with Crippen molar-refractivity contribution >= 4 is 52.3 Å². The number of nitrogens with zero attached hydrogens (tertiary/aromatic N) is 3. The summed E-state index contributed by atoms with van der Waals surface area (Å²) in [6.07, 6.45) is 0. The summed E-state index contributed by atoms with van der Waals surface area (Å²) < 4.78 is 0. The monoisotopic (exact) mass is 710 g/mol. The number of halogens is 4. The van der Waals surface area contributed by atoms with Gasteiger partial charge in [-0.05, 0) is 48.5 Å². The SMILES string of the molecule is C.NC(=O)C(c1cccc(-c2ccccc2)n1)c1c(Cl)cccc1Cl.[C-]#[N+]C(c1cccc(-c2ccccc2)n1)c1c(Cl)cccc1Cl. The minimum Gasteiger partial charge on any atom is -0.369 e. The fourth-order valence-electron chi connectivity index (χ4n) is 5.03. The van der Waals surface area contributed by atoms with E-state index >= 15 is 0 Å². The number of pyridine rings is 2. The minimum atomic E-state index is -0.810. The minimum absolute atomic E-state index is 0. The second-order valence-electron chi connectivity index (χ2n) is 10.3. The summed E-state index contributed by atoms with van der Waals surface area (Å²) in [6.45, 7) is 7.57.